The summed E-state index contributed by atoms with van der Waals surface area (Å²) in [7, 11) is 0. The lowest BCUT2D eigenvalue weighted by Gasteiger charge is -2.29. The van der Waals surface area contributed by atoms with Crippen LogP contribution < -0.4 is 15.4 Å². The van der Waals surface area contributed by atoms with Crippen molar-refractivity contribution in [3.63, 3.8) is 0 Å². The Balaban J connectivity index is 1.42. The summed E-state index contributed by atoms with van der Waals surface area (Å²) in [6, 6.07) is 9.00. The van der Waals surface area contributed by atoms with Gasteiger partial charge in [0.15, 0.2) is 0 Å². The molecule has 0 spiro atoms. The van der Waals surface area contributed by atoms with Crippen molar-refractivity contribution in [1.82, 2.24) is 10.2 Å². The Morgan fingerprint density at radius 1 is 1.16 bits per heavy atom. The SMILES string of the molecule is O=C1CCC(N2Cc3cc(NC(=O)Oc4ccc([N+](=O)[O-])cc4)ccc3C2=O)C(=O)N1. The van der Waals surface area contributed by atoms with Crippen LogP contribution >= 0.6 is 0 Å². The Kier molecular flexibility index (Phi) is 5.07. The highest BCUT2D eigenvalue weighted by atomic mass is 16.6. The fourth-order valence-corrected chi connectivity index (χ4v) is 3.54. The van der Waals surface area contributed by atoms with Gasteiger partial charge in [-0.3, -0.25) is 35.1 Å². The van der Waals surface area contributed by atoms with E-state index in [9.17, 15) is 29.3 Å². The molecule has 0 aliphatic carbocycles. The average molecular weight is 424 g/mol. The number of ether oxygens (including phenoxy) is 1. The second-order valence-corrected chi connectivity index (χ2v) is 7.04. The largest absolute Gasteiger partial charge is 0.417 e. The van der Waals surface area contributed by atoms with Crippen LogP contribution in [0.4, 0.5) is 16.2 Å². The van der Waals surface area contributed by atoms with Crippen molar-refractivity contribution in [3.8, 4) is 5.75 Å². The van der Waals surface area contributed by atoms with Gasteiger partial charge < -0.3 is 9.64 Å². The number of rotatable bonds is 4. The quantitative estimate of drug-likeness (QED) is 0.433. The number of amides is 4. The molecule has 2 N–H and O–H groups in total. The smallest absolute Gasteiger partial charge is 0.410 e. The molecule has 2 aliphatic rings. The van der Waals surface area contributed by atoms with Crippen molar-refractivity contribution < 1.29 is 28.8 Å². The standard InChI is InChI=1S/C20H16N4O7/c25-17-8-7-16(18(26)22-17)23-10-11-9-12(1-6-15(11)19(23)27)21-20(28)31-14-4-2-13(3-5-14)24(29)30/h1-6,9,16H,7-8,10H2,(H,21,28)(H,22,25,26). The Morgan fingerprint density at radius 2 is 1.90 bits per heavy atom. The van der Waals surface area contributed by atoms with Crippen molar-refractivity contribution >= 4 is 35.2 Å². The summed E-state index contributed by atoms with van der Waals surface area (Å²) in [4.78, 5) is 59.7. The zero-order chi connectivity index (χ0) is 22.1. The van der Waals surface area contributed by atoms with Crippen LogP contribution in [0.5, 0.6) is 5.75 Å². The fourth-order valence-electron chi connectivity index (χ4n) is 3.54. The molecule has 1 saturated heterocycles. The molecule has 2 heterocycles. The van der Waals surface area contributed by atoms with Gasteiger partial charge in [0.1, 0.15) is 11.8 Å². The van der Waals surface area contributed by atoms with E-state index in [1.54, 1.807) is 12.1 Å². The predicted molar refractivity (Wildman–Crippen MR) is 105 cm³/mol. The Hall–Kier alpha value is -4.28. The molecule has 2 aromatic rings. The van der Waals surface area contributed by atoms with E-state index in [0.29, 0.717) is 16.8 Å². The summed E-state index contributed by atoms with van der Waals surface area (Å²) in [6.07, 6.45) is -0.380. The molecule has 11 heteroatoms. The van der Waals surface area contributed by atoms with Crippen molar-refractivity contribution in [2.24, 2.45) is 0 Å². The van der Waals surface area contributed by atoms with Crippen LogP contribution in [0.15, 0.2) is 42.5 Å². The van der Waals surface area contributed by atoms with Gasteiger partial charge in [-0.15, -0.1) is 0 Å². The number of hydrogen-bond acceptors (Lipinski definition) is 7. The number of imide groups is 1. The summed E-state index contributed by atoms with van der Waals surface area (Å²) >= 11 is 0. The third kappa shape index (κ3) is 4.06. The number of hydrogen-bond donors (Lipinski definition) is 2. The minimum atomic E-state index is -0.805. The number of benzene rings is 2. The molecule has 31 heavy (non-hydrogen) atoms. The van der Waals surface area contributed by atoms with Crippen molar-refractivity contribution in [1.29, 1.82) is 0 Å². The summed E-state index contributed by atoms with van der Waals surface area (Å²) in [5.41, 5.74) is 1.29. The molecule has 0 radical (unpaired) electrons. The molecule has 1 atom stereocenters. The minimum absolute atomic E-state index is 0.128. The molecular formula is C20H16N4O7. The Labute approximate surface area is 175 Å². The lowest BCUT2D eigenvalue weighted by Crippen LogP contribution is -2.52. The van der Waals surface area contributed by atoms with Crippen LogP contribution in [0, 0.1) is 10.1 Å². The molecule has 1 fully saturated rings. The van der Waals surface area contributed by atoms with Crippen LogP contribution in [-0.4, -0.2) is 39.7 Å². The van der Waals surface area contributed by atoms with Gasteiger partial charge in [0.2, 0.25) is 11.8 Å². The number of fused-ring (bicyclic) bond motifs is 1. The first-order valence-corrected chi connectivity index (χ1v) is 9.32. The van der Waals surface area contributed by atoms with Gasteiger partial charge in [-0.05, 0) is 42.3 Å². The molecular weight excluding hydrogens is 408 g/mol. The summed E-state index contributed by atoms with van der Waals surface area (Å²) < 4.78 is 5.10. The normalized spacial score (nSPS) is 17.7. The van der Waals surface area contributed by atoms with Gasteiger partial charge in [-0.1, -0.05) is 0 Å². The molecule has 0 bridgehead atoms. The highest BCUT2D eigenvalue weighted by Gasteiger charge is 2.39. The first kappa shape index (κ1) is 20.0. The second kappa shape index (κ2) is 7.86. The summed E-state index contributed by atoms with van der Waals surface area (Å²) in [6.45, 7) is 0.174. The number of anilines is 1. The van der Waals surface area contributed by atoms with Crippen LogP contribution in [0.1, 0.15) is 28.8 Å². The van der Waals surface area contributed by atoms with Gasteiger partial charge in [0.25, 0.3) is 11.6 Å². The van der Waals surface area contributed by atoms with Gasteiger partial charge in [0.05, 0.1) is 4.92 Å². The highest BCUT2D eigenvalue weighted by Crippen LogP contribution is 2.29. The molecule has 2 aromatic carbocycles. The number of carbonyl (C=O) groups excluding carboxylic acids is 4. The average Bonchev–Trinajstić information content (AvgIpc) is 3.04. The van der Waals surface area contributed by atoms with Crippen LogP contribution in [0.25, 0.3) is 0 Å². The van der Waals surface area contributed by atoms with E-state index in [0.717, 1.165) is 0 Å². The van der Waals surface area contributed by atoms with Crippen molar-refractivity contribution in [3.05, 3.63) is 63.7 Å². The topological polar surface area (TPSA) is 148 Å². The van der Waals surface area contributed by atoms with E-state index in [4.69, 9.17) is 4.74 Å². The third-order valence-corrected chi connectivity index (χ3v) is 5.03. The number of carbonyl (C=O) groups is 4. The van der Waals surface area contributed by atoms with Crippen LogP contribution in [0.3, 0.4) is 0 Å². The molecule has 0 aromatic heterocycles. The number of nitro benzene ring substituents is 1. The minimum Gasteiger partial charge on any atom is -0.410 e. The fraction of sp³-hybridized carbons (Fsp3) is 0.200. The monoisotopic (exact) mass is 424 g/mol. The molecule has 1 unspecified atom stereocenters. The molecule has 11 nitrogen and oxygen atoms in total. The van der Waals surface area contributed by atoms with E-state index < -0.39 is 23.0 Å². The number of non-ortho nitro benzene ring substituents is 1. The van der Waals surface area contributed by atoms with E-state index in [1.807, 2.05) is 0 Å². The molecule has 158 valence electrons. The van der Waals surface area contributed by atoms with E-state index in [1.165, 1.54) is 35.2 Å². The maximum absolute atomic E-state index is 12.7. The predicted octanol–water partition coefficient (Wildman–Crippen LogP) is 1.97. The van der Waals surface area contributed by atoms with Crippen molar-refractivity contribution in [2.45, 2.75) is 25.4 Å². The zero-order valence-corrected chi connectivity index (χ0v) is 16.0. The van der Waals surface area contributed by atoms with E-state index >= 15 is 0 Å². The maximum atomic E-state index is 12.7. The maximum Gasteiger partial charge on any atom is 0.417 e. The van der Waals surface area contributed by atoms with Crippen LogP contribution in [-0.2, 0) is 16.1 Å². The van der Waals surface area contributed by atoms with E-state index in [-0.39, 0.29) is 42.6 Å². The van der Waals surface area contributed by atoms with Gasteiger partial charge in [-0.25, -0.2) is 4.79 Å². The summed E-state index contributed by atoms with van der Waals surface area (Å²) in [5.74, 6) is -1.04. The number of piperidine rings is 1. The van der Waals surface area contributed by atoms with Gasteiger partial charge in [0, 0.05) is 36.3 Å². The lowest BCUT2D eigenvalue weighted by atomic mass is 10.0. The third-order valence-electron chi connectivity index (χ3n) is 5.03. The second-order valence-electron chi connectivity index (χ2n) is 7.04. The van der Waals surface area contributed by atoms with E-state index in [2.05, 4.69) is 10.6 Å². The Morgan fingerprint density at radius 3 is 2.58 bits per heavy atom. The Bertz CT molecular complexity index is 1110. The number of nitrogens with zero attached hydrogens (tertiary/aromatic N) is 2. The molecule has 4 rings (SSSR count). The highest BCUT2D eigenvalue weighted by molar-refractivity contribution is 6.05. The zero-order valence-electron chi connectivity index (χ0n) is 16.0. The number of nitro groups is 1. The molecule has 2 aliphatic heterocycles. The van der Waals surface area contributed by atoms with Gasteiger partial charge in [-0.2, -0.15) is 0 Å². The molecule has 4 amide bonds. The first-order chi connectivity index (χ1) is 14.8. The lowest BCUT2D eigenvalue weighted by molar-refractivity contribution is -0.384. The molecule has 0 saturated carbocycles. The summed E-state index contributed by atoms with van der Waals surface area (Å²) in [5, 5.41) is 15.4. The van der Waals surface area contributed by atoms with Crippen LogP contribution in [0.2, 0.25) is 0 Å². The van der Waals surface area contributed by atoms with Crippen molar-refractivity contribution in [2.75, 3.05) is 5.32 Å². The van der Waals surface area contributed by atoms with Gasteiger partial charge >= 0.3 is 6.09 Å². The number of nitrogens with one attached hydrogen (secondary N) is 2. The first-order valence-electron chi connectivity index (χ1n) is 9.32.